The monoisotopic (exact) mass is 305 g/mol. The minimum absolute atomic E-state index is 0.0619. The van der Waals surface area contributed by atoms with Crippen molar-refractivity contribution >= 4 is 5.91 Å². The summed E-state index contributed by atoms with van der Waals surface area (Å²) in [5, 5.41) is 12.2. The average Bonchev–Trinajstić information content (AvgIpc) is 2.80. The Labute approximate surface area is 132 Å². The highest BCUT2D eigenvalue weighted by Crippen LogP contribution is 2.32. The lowest BCUT2D eigenvalue weighted by Crippen LogP contribution is -2.49. The van der Waals surface area contributed by atoms with Gasteiger partial charge in [0.05, 0.1) is 0 Å². The van der Waals surface area contributed by atoms with Crippen LogP contribution >= 0.6 is 0 Å². The molecule has 0 saturated carbocycles. The van der Waals surface area contributed by atoms with Gasteiger partial charge in [0.15, 0.2) is 6.10 Å². The zero-order chi connectivity index (χ0) is 16.5. The van der Waals surface area contributed by atoms with E-state index in [0.29, 0.717) is 12.8 Å². The maximum absolute atomic E-state index is 12.5. The Morgan fingerprint density at radius 1 is 1.36 bits per heavy atom. The van der Waals surface area contributed by atoms with Crippen LogP contribution in [0.3, 0.4) is 0 Å². The number of ether oxygens (including phenoxy) is 1. The van der Waals surface area contributed by atoms with Crippen LogP contribution in [0.4, 0.5) is 0 Å². The van der Waals surface area contributed by atoms with E-state index in [1.807, 2.05) is 13.0 Å². The number of aliphatic hydroxyl groups is 1. The number of aryl methyl sites for hydroxylation is 2. The van der Waals surface area contributed by atoms with Crippen LogP contribution in [0.2, 0.25) is 0 Å². The molecule has 2 atom stereocenters. The van der Waals surface area contributed by atoms with Crippen LogP contribution in [0.25, 0.3) is 0 Å². The molecule has 22 heavy (non-hydrogen) atoms. The van der Waals surface area contributed by atoms with Crippen molar-refractivity contribution in [2.45, 2.75) is 59.6 Å². The molecule has 4 nitrogen and oxygen atoms in total. The van der Waals surface area contributed by atoms with E-state index in [1.54, 1.807) is 0 Å². The molecule has 0 spiro atoms. The minimum Gasteiger partial charge on any atom is -0.480 e. The van der Waals surface area contributed by atoms with Crippen LogP contribution in [-0.4, -0.2) is 29.8 Å². The maximum atomic E-state index is 12.5. The lowest BCUT2D eigenvalue weighted by molar-refractivity contribution is -0.128. The number of nitrogens with one attached hydrogen (secondary N) is 1. The van der Waals surface area contributed by atoms with Gasteiger partial charge in [0.25, 0.3) is 5.91 Å². The summed E-state index contributed by atoms with van der Waals surface area (Å²) in [4.78, 5) is 12.5. The summed E-state index contributed by atoms with van der Waals surface area (Å²) in [7, 11) is 0. The molecule has 0 unspecified atom stereocenters. The molecule has 2 N–H and O–H groups in total. The van der Waals surface area contributed by atoms with E-state index in [2.05, 4.69) is 39.1 Å². The normalized spacial score (nSPS) is 18.5. The van der Waals surface area contributed by atoms with Crippen LogP contribution in [0, 0.1) is 19.3 Å². The number of hydrogen-bond donors (Lipinski definition) is 2. The zero-order valence-corrected chi connectivity index (χ0v) is 14.2. The van der Waals surface area contributed by atoms with Gasteiger partial charge in [-0.3, -0.25) is 4.79 Å². The van der Waals surface area contributed by atoms with Crippen molar-refractivity contribution in [1.82, 2.24) is 5.32 Å². The number of carbonyl (C=O) groups excluding carboxylic acids is 1. The van der Waals surface area contributed by atoms with Gasteiger partial charge in [-0.2, -0.15) is 0 Å². The molecule has 4 heteroatoms. The fraction of sp³-hybridized carbons (Fsp3) is 0.611. The Morgan fingerprint density at radius 3 is 2.59 bits per heavy atom. The van der Waals surface area contributed by atoms with Crippen molar-refractivity contribution in [1.29, 1.82) is 0 Å². The molecule has 0 fully saturated rings. The summed E-state index contributed by atoms with van der Waals surface area (Å²) in [6, 6.07) is 4.04. The third kappa shape index (κ3) is 3.61. The quantitative estimate of drug-likeness (QED) is 0.898. The van der Waals surface area contributed by atoms with Gasteiger partial charge in [-0.1, -0.05) is 26.8 Å². The minimum atomic E-state index is -0.472. The highest BCUT2D eigenvalue weighted by molar-refractivity contribution is 5.83. The molecule has 0 aromatic heterocycles. The zero-order valence-electron chi connectivity index (χ0n) is 14.2. The first kappa shape index (κ1) is 16.8. The summed E-state index contributed by atoms with van der Waals surface area (Å²) in [6.45, 7) is 10.4. The lowest BCUT2D eigenvalue weighted by Gasteiger charge is -2.31. The van der Waals surface area contributed by atoms with Crippen LogP contribution < -0.4 is 10.1 Å². The Morgan fingerprint density at radius 2 is 2.00 bits per heavy atom. The molecule has 0 bridgehead atoms. The Kier molecular flexibility index (Phi) is 4.81. The molecule has 122 valence electrons. The van der Waals surface area contributed by atoms with Crippen LogP contribution in [-0.2, 0) is 11.2 Å². The first-order valence-corrected chi connectivity index (χ1v) is 7.90. The molecule has 1 aliphatic heterocycles. The Balaban J connectivity index is 2.06. The smallest absolute Gasteiger partial charge is 0.261 e. The van der Waals surface area contributed by atoms with Crippen LogP contribution in [0.1, 0.15) is 43.9 Å². The number of fused-ring (bicyclic) bond motifs is 1. The van der Waals surface area contributed by atoms with Gasteiger partial charge in [0.1, 0.15) is 5.75 Å². The Hall–Kier alpha value is -1.55. The molecular weight excluding hydrogens is 278 g/mol. The molecule has 0 aliphatic carbocycles. The van der Waals surface area contributed by atoms with E-state index in [1.165, 1.54) is 11.1 Å². The Bertz CT molecular complexity index is 529. The van der Waals surface area contributed by atoms with Gasteiger partial charge >= 0.3 is 0 Å². The number of aliphatic hydroxyl groups excluding tert-OH is 1. The summed E-state index contributed by atoms with van der Waals surface area (Å²) in [5.74, 6) is 0.720. The van der Waals surface area contributed by atoms with E-state index >= 15 is 0 Å². The molecule has 1 amide bonds. The second-order valence-electron chi connectivity index (χ2n) is 7.29. The van der Waals surface area contributed by atoms with E-state index in [4.69, 9.17) is 4.74 Å². The summed E-state index contributed by atoms with van der Waals surface area (Å²) in [6.07, 6.45) is 0.686. The van der Waals surface area contributed by atoms with Crippen molar-refractivity contribution in [2.75, 3.05) is 6.61 Å². The number of benzene rings is 1. The van der Waals surface area contributed by atoms with Gasteiger partial charge in [-0.25, -0.2) is 0 Å². The molecule has 1 aromatic rings. The second-order valence-corrected chi connectivity index (χ2v) is 7.29. The SMILES string of the molecule is Cc1cc2c(cc1C)O[C@H](C(=O)N[C@@H](CCO)C(C)(C)C)C2. The van der Waals surface area contributed by atoms with E-state index in [-0.39, 0.29) is 24.0 Å². The second kappa shape index (κ2) is 6.29. The molecule has 1 heterocycles. The largest absolute Gasteiger partial charge is 0.480 e. The third-order valence-corrected chi connectivity index (χ3v) is 4.42. The summed E-state index contributed by atoms with van der Waals surface area (Å²) in [5.41, 5.74) is 3.39. The number of amides is 1. The predicted molar refractivity (Wildman–Crippen MR) is 87.1 cm³/mol. The van der Waals surface area contributed by atoms with Crippen molar-refractivity contribution in [2.24, 2.45) is 5.41 Å². The standard InChI is InChI=1S/C18H27NO3/c1-11-8-13-10-15(22-14(13)9-12(11)2)17(21)19-16(6-7-20)18(3,4)5/h8-9,15-16,20H,6-7,10H2,1-5H3,(H,19,21)/t15-,16-/m0/s1. The van der Waals surface area contributed by atoms with Gasteiger partial charge in [0, 0.05) is 19.1 Å². The van der Waals surface area contributed by atoms with Crippen molar-refractivity contribution in [3.05, 3.63) is 28.8 Å². The molecule has 0 radical (unpaired) electrons. The highest BCUT2D eigenvalue weighted by Gasteiger charge is 2.33. The first-order valence-electron chi connectivity index (χ1n) is 7.90. The van der Waals surface area contributed by atoms with Crippen molar-refractivity contribution in [3.8, 4) is 5.75 Å². The van der Waals surface area contributed by atoms with E-state index < -0.39 is 6.10 Å². The summed E-state index contributed by atoms with van der Waals surface area (Å²) < 4.78 is 5.82. The maximum Gasteiger partial charge on any atom is 0.261 e. The third-order valence-electron chi connectivity index (χ3n) is 4.42. The molecule has 1 aliphatic rings. The number of rotatable bonds is 4. The fourth-order valence-corrected chi connectivity index (χ4v) is 2.78. The van der Waals surface area contributed by atoms with Crippen LogP contribution in [0.5, 0.6) is 5.75 Å². The van der Waals surface area contributed by atoms with E-state index in [0.717, 1.165) is 11.3 Å². The van der Waals surface area contributed by atoms with Gasteiger partial charge in [0.2, 0.25) is 0 Å². The molecule has 2 rings (SSSR count). The van der Waals surface area contributed by atoms with Gasteiger partial charge in [-0.15, -0.1) is 0 Å². The van der Waals surface area contributed by atoms with E-state index in [9.17, 15) is 9.90 Å². The lowest BCUT2D eigenvalue weighted by atomic mass is 9.84. The number of hydrogen-bond acceptors (Lipinski definition) is 3. The topological polar surface area (TPSA) is 58.6 Å². The number of carbonyl (C=O) groups is 1. The van der Waals surface area contributed by atoms with Crippen LogP contribution in [0.15, 0.2) is 12.1 Å². The van der Waals surface area contributed by atoms with Gasteiger partial charge < -0.3 is 15.2 Å². The molecule has 0 saturated heterocycles. The summed E-state index contributed by atoms with van der Waals surface area (Å²) >= 11 is 0. The molecule has 1 aromatic carbocycles. The van der Waals surface area contributed by atoms with Crippen molar-refractivity contribution in [3.63, 3.8) is 0 Å². The fourth-order valence-electron chi connectivity index (χ4n) is 2.78. The first-order chi connectivity index (χ1) is 10.2. The van der Waals surface area contributed by atoms with Crippen molar-refractivity contribution < 1.29 is 14.6 Å². The molecular formula is C18H27NO3. The highest BCUT2D eigenvalue weighted by atomic mass is 16.5. The average molecular weight is 305 g/mol. The predicted octanol–water partition coefficient (Wildman–Crippen LogP) is 2.52. The van der Waals surface area contributed by atoms with Gasteiger partial charge in [-0.05, 0) is 48.4 Å².